The number of nitrogens with zero attached hydrogens (tertiary/aromatic N) is 2. The molecule has 6 amide bonds. The first-order valence-corrected chi connectivity index (χ1v) is 26.6. The largest absolute Gasteiger partial charge is 0.416 e. The maximum atomic E-state index is 14.4. The number of aliphatic hydroxyl groups is 1. The van der Waals surface area contributed by atoms with Gasteiger partial charge < -0.3 is 36.6 Å². The summed E-state index contributed by atoms with van der Waals surface area (Å²) in [6.07, 6.45) is -0.552. The minimum atomic E-state index is -4.97. The number of amides is 6. The number of halogens is 6. The number of β-amino-alcohol motifs (C(OH)–C–C–N with tert-alkyl or cyclic N) is 1. The van der Waals surface area contributed by atoms with Gasteiger partial charge in [0.1, 0.15) is 23.7 Å². The van der Waals surface area contributed by atoms with E-state index >= 15 is 0 Å². The van der Waals surface area contributed by atoms with E-state index in [4.69, 9.17) is 11.6 Å². The lowest BCUT2D eigenvalue weighted by Gasteiger charge is -2.35. The quantitative estimate of drug-likeness (QED) is 0.0327. The molecule has 0 aliphatic carbocycles. The number of hydrogen-bond acceptors (Lipinski definition) is 9. The van der Waals surface area contributed by atoms with Crippen LogP contribution >= 0.6 is 22.9 Å². The summed E-state index contributed by atoms with van der Waals surface area (Å²) in [6, 6.07) is 11.7. The van der Waals surface area contributed by atoms with Gasteiger partial charge in [-0.2, -0.15) is 13.2 Å². The van der Waals surface area contributed by atoms with Crippen molar-refractivity contribution < 1.29 is 55.8 Å². The highest BCUT2D eigenvalue weighted by Gasteiger charge is 2.45. The minimum Gasteiger partial charge on any atom is -0.391 e. The lowest BCUT2D eigenvalue weighted by atomic mass is 9.85. The van der Waals surface area contributed by atoms with Crippen LogP contribution in [0.1, 0.15) is 157 Å². The summed E-state index contributed by atoms with van der Waals surface area (Å²) in [5.74, 6) is -5.66. The molecule has 2 aliphatic rings. The normalized spacial score (nSPS) is 17.1. The Morgan fingerprint density at radius 3 is 2.19 bits per heavy atom. The van der Waals surface area contributed by atoms with Gasteiger partial charge in [-0.3, -0.25) is 28.8 Å². The lowest BCUT2D eigenvalue weighted by Crippen LogP contribution is -2.57. The van der Waals surface area contributed by atoms with Gasteiger partial charge in [0.15, 0.2) is 0 Å². The fraction of sp³-hybridized carbons (Fsp3) is 0.411. The third-order valence-electron chi connectivity index (χ3n) is 13.7. The van der Waals surface area contributed by atoms with Gasteiger partial charge in [0, 0.05) is 64.5 Å². The van der Waals surface area contributed by atoms with Crippen molar-refractivity contribution in [1.29, 1.82) is 0 Å². The number of fused-ring (bicyclic) bond motifs is 1. The van der Waals surface area contributed by atoms with Crippen molar-refractivity contribution in [3.8, 4) is 10.4 Å². The monoisotopic (exact) mass is 1110 g/mol. The molecule has 2 aliphatic heterocycles. The van der Waals surface area contributed by atoms with Crippen molar-refractivity contribution in [2.45, 2.75) is 129 Å². The Kier molecular flexibility index (Phi) is 18.6. The summed E-state index contributed by atoms with van der Waals surface area (Å²) in [7, 11) is 0. The number of aryl methyl sites for hydroxylation is 1. The fourth-order valence-corrected chi connectivity index (χ4v) is 10.6. The number of unbranched alkanes of at least 4 members (excludes halogenated alkanes) is 6. The van der Waals surface area contributed by atoms with Crippen LogP contribution in [0.5, 0.6) is 0 Å². The van der Waals surface area contributed by atoms with Crippen molar-refractivity contribution in [2.24, 2.45) is 5.41 Å². The zero-order valence-electron chi connectivity index (χ0n) is 43.1. The molecule has 14 nitrogen and oxygen atoms in total. The number of anilines is 1. The molecule has 0 unspecified atom stereocenters. The number of carbonyl (C=O) groups is 6. The van der Waals surface area contributed by atoms with Crippen LogP contribution < -0.4 is 26.6 Å². The zero-order chi connectivity index (χ0) is 55.9. The lowest BCUT2D eigenvalue weighted by molar-refractivity contribution is -0.144. The topological polar surface area (TPSA) is 199 Å². The molecule has 77 heavy (non-hydrogen) atoms. The Bertz CT molecular complexity index is 3020. The molecule has 0 radical (unpaired) electrons. The van der Waals surface area contributed by atoms with Crippen LogP contribution in [0.25, 0.3) is 10.4 Å². The number of nitrogens with one attached hydrogen (secondary N) is 5. The van der Waals surface area contributed by atoms with Crippen molar-refractivity contribution >= 4 is 64.1 Å². The third-order valence-corrected chi connectivity index (χ3v) is 15.0. The molecule has 3 heterocycles. The molecule has 0 bridgehead atoms. The van der Waals surface area contributed by atoms with E-state index in [1.807, 2.05) is 58.9 Å². The molecule has 5 aromatic rings. The van der Waals surface area contributed by atoms with Crippen LogP contribution in [0, 0.1) is 24.0 Å². The first kappa shape index (κ1) is 57.9. The number of carbonyl (C=O) groups excluding carboxylic acids is 6. The van der Waals surface area contributed by atoms with Crippen LogP contribution in [0.15, 0.2) is 78.3 Å². The van der Waals surface area contributed by atoms with Gasteiger partial charge in [0.05, 0.1) is 39.8 Å². The number of hydrogen-bond donors (Lipinski definition) is 6. The number of likely N-dealkylation sites (tertiary alicyclic amines) is 1. The highest BCUT2D eigenvalue weighted by atomic mass is 35.5. The van der Waals surface area contributed by atoms with E-state index in [0.717, 1.165) is 65.9 Å². The molecule has 4 aromatic carbocycles. The van der Waals surface area contributed by atoms with E-state index in [0.29, 0.717) is 25.0 Å². The van der Waals surface area contributed by atoms with E-state index in [1.165, 1.54) is 23.1 Å². The summed E-state index contributed by atoms with van der Waals surface area (Å²) >= 11 is 7.93. The molecule has 1 saturated heterocycles. The van der Waals surface area contributed by atoms with Gasteiger partial charge in [-0.25, -0.2) is 13.8 Å². The predicted octanol–water partition coefficient (Wildman–Crippen LogP) is 10.4. The molecule has 21 heteroatoms. The van der Waals surface area contributed by atoms with E-state index in [9.17, 15) is 55.8 Å². The van der Waals surface area contributed by atoms with Crippen molar-refractivity contribution in [1.82, 2.24) is 31.2 Å². The number of alkyl halides is 3. The summed E-state index contributed by atoms with van der Waals surface area (Å²) in [5.41, 5.74) is 1.65. The average molecular weight is 1110 g/mol. The molecule has 1 fully saturated rings. The Balaban J connectivity index is 0.867. The Labute approximate surface area is 451 Å². The molecule has 7 rings (SSSR count). The minimum absolute atomic E-state index is 0.0427. The molecule has 0 saturated carbocycles. The number of aliphatic hydroxyl groups excluding tert-OH is 1. The number of benzene rings is 4. The smallest absolute Gasteiger partial charge is 0.391 e. The Morgan fingerprint density at radius 2 is 1.53 bits per heavy atom. The highest BCUT2D eigenvalue weighted by Crippen LogP contribution is 2.41. The maximum absolute atomic E-state index is 14.4. The standard InChI is InChI=1S/C56H61ClF5N7O7S/c1-30(32-14-16-33(17-15-32)48-31(2)64-29-77-48)65-53(75)44-27-39(70)28-69(44)54(76)49(55(3,4)5)67-45(71)13-11-9-7-6-8-10-12-20-63-50(72)35-23-41-46(47(68-52(41)74)40-26-37(58)18-19-42(40)57)43(24-35)66-51(73)34-21-36(56(60,61)62)25-38(59)22-34/h14-19,21-26,29-30,39,44,47,49,70H,6-13,20,27-28H2,1-5H3,(H,63,72)(H,65,75)(H,66,73)(H,67,71)(H,68,74)/t30-,39+,44-,47-,49+/m0/s1. The summed E-state index contributed by atoms with van der Waals surface area (Å²) in [6.45, 7) is 9.48. The van der Waals surface area contributed by atoms with Crippen molar-refractivity contribution in [2.75, 3.05) is 18.4 Å². The van der Waals surface area contributed by atoms with Crippen LogP contribution in [-0.4, -0.2) is 81.7 Å². The molecule has 410 valence electrons. The average Bonchev–Trinajstić information content (AvgIpc) is 4.12. The molecule has 0 spiro atoms. The second-order valence-electron chi connectivity index (χ2n) is 20.6. The van der Waals surface area contributed by atoms with Gasteiger partial charge in [-0.1, -0.05) is 88.7 Å². The van der Waals surface area contributed by atoms with Crippen LogP contribution in [0.4, 0.5) is 27.6 Å². The van der Waals surface area contributed by atoms with Gasteiger partial charge in [-0.15, -0.1) is 11.3 Å². The molecule has 1 aromatic heterocycles. The Morgan fingerprint density at radius 1 is 0.857 bits per heavy atom. The molecular weight excluding hydrogens is 1050 g/mol. The van der Waals surface area contributed by atoms with Crippen molar-refractivity contribution in [3.05, 3.63) is 140 Å². The maximum Gasteiger partial charge on any atom is 0.416 e. The van der Waals surface area contributed by atoms with Gasteiger partial charge in [0.2, 0.25) is 17.7 Å². The van der Waals surface area contributed by atoms with E-state index in [-0.39, 0.29) is 76.9 Å². The van der Waals surface area contributed by atoms with E-state index < -0.39 is 88.1 Å². The number of rotatable bonds is 20. The molecular formula is C56H61ClF5N7O7S. The van der Waals surface area contributed by atoms with E-state index in [1.54, 1.807) is 16.8 Å². The van der Waals surface area contributed by atoms with Crippen molar-refractivity contribution in [3.63, 3.8) is 0 Å². The van der Waals surface area contributed by atoms with E-state index in [2.05, 4.69) is 31.6 Å². The van der Waals surface area contributed by atoms with Gasteiger partial charge >= 0.3 is 6.18 Å². The Hall–Kier alpha value is -6.77. The van der Waals surface area contributed by atoms with Gasteiger partial charge in [-0.05, 0) is 91.8 Å². The molecule has 5 atom stereocenters. The summed E-state index contributed by atoms with van der Waals surface area (Å²) < 4.78 is 69.3. The predicted molar refractivity (Wildman–Crippen MR) is 282 cm³/mol. The highest BCUT2D eigenvalue weighted by molar-refractivity contribution is 7.13. The number of thiazole rings is 1. The van der Waals surface area contributed by atoms with Crippen LogP contribution in [0.2, 0.25) is 5.02 Å². The SMILES string of the molecule is Cc1ncsc1-c1ccc([C@H](C)NC(=O)[C@@H]2C[C@@H](O)CN2C(=O)[C@@H](NC(=O)CCCCCCCCCNC(=O)c2cc(NC(=O)c3cc(F)cc(C(F)(F)F)c3)c3c(c2)C(=O)N[C@H]3c2cc(F)ccc2Cl)C(C)(C)C)cc1. The zero-order valence-corrected chi connectivity index (χ0v) is 44.7. The number of aromatic nitrogens is 1. The first-order valence-electron chi connectivity index (χ1n) is 25.4. The third kappa shape index (κ3) is 14.4. The summed E-state index contributed by atoms with van der Waals surface area (Å²) in [4.78, 5) is 88.1. The van der Waals surface area contributed by atoms with Crippen LogP contribution in [0.3, 0.4) is 0 Å². The van der Waals surface area contributed by atoms with Gasteiger partial charge in [0.25, 0.3) is 17.7 Å². The summed E-state index contributed by atoms with van der Waals surface area (Å²) in [5, 5.41) is 24.5. The second-order valence-corrected chi connectivity index (χ2v) is 21.9. The van der Waals surface area contributed by atoms with Crippen LogP contribution in [-0.2, 0) is 20.6 Å². The fourth-order valence-electron chi connectivity index (χ4n) is 9.56. The molecule has 6 N–H and O–H groups in total. The second kappa shape index (κ2) is 24.7. The first-order chi connectivity index (χ1) is 36.4.